The van der Waals surface area contributed by atoms with E-state index in [2.05, 4.69) is 77.3 Å². The van der Waals surface area contributed by atoms with Crippen LogP contribution in [0.1, 0.15) is 35.9 Å². The number of nitriles is 1. The summed E-state index contributed by atoms with van der Waals surface area (Å²) < 4.78 is 10.1. The minimum absolute atomic E-state index is 0.198. The normalized spacial score (nSPS) is 11.2. The summed E-state index contributed by atoms with van der Waals surface area (Å²) >= 11 is 7.88. The zero-order valence-electron chi connectivity index (χ0n) is 18.6. The summed E-state index contributed by atoms with van der Waals surface area (Å²) in [6, 6.07) is 19.0. The highest BCUT2D eigenvalue weighted by Crippen LogP contribution is 2.29. The largest absolute Gasteiger partial charge is 0.487 e. The Hall–Kier alpha value is -2.30. The Kier molecular flexibility index (Phi) is 8.56. The minimum atomic E-state index is -0.198. The van der Waals surface area contributed by atoms with Crippen LogP contribution >= 0.6 is 61.1 Å². The molecule has 0 saturated carbocycles. The predicted molar refractivity (Wildman–Crippen MR) is 158 cm³/mol. The third-order valence-electron chi connectivity index (χ3n) is 5.20. The number of aryl methyl sites for hydroxylation is 1. The number of rotatable bonds is 7. The molecule has 35 heavy (non-hydrogen) atoms. The van der Waals surface area contributed by atoms with Crippen LogP contribution in [0, 0.1) is 18.5 Å². The van der Waals surface area contributed by atoms with Crippen LogP contribution in [0.3, 0.4) is 0 Å². The second-order valence-corrected chi connectivity index (χ2v) is 10.9. The van der Waals surface area contributed by atoms with Crippen molar-refractivity contribution in [2.75, 3.05) is 0 Å². The summed E-state index contributed by atoms with van der Waals surface area (Å²) in [5, 5.41) is 14.3. The van der Waals surface area contributed by atoms with Gasteiger partial charge in [-0.2, -0.15) is 15.0 Å². The summed E-state index contributed by atoms with van der Waals surface area (Å²) in [7, 11) is 0. The highest BCUT2D eigenvalue weighted by atomic mass is 127. The van der Waals surface area contributed by atoms with E-state index < -0.39 is 0 Å². The van der Waals surface area contributed by atoms with E-state index in [0.717, 1.165) is 34.9 Å². The number of halogens is 3. The van der Waals surface area contributed by atoms with Crippen LogP contribution in [-0.2, 0) is 13.0 Å². The first-order valence-electron chi connectivity index (χ1n) is 10.8. The third kappa shape index (κ3) is 5.92. The Morgan fingerprint density at radius 1 is 1.17 bits per heavy atom. The van der Waals surface area contributed by atoms with Gasteiger partial charge in [0.2, 0.25) is 0 Å². The Balaban J connectivity index is 1.65. The van der Waals surface area contributed by atoms with E-state index in [-0.39, 0.29) is 5.56 Å². The molecule has 0 spiro atoms. The Morgan fingerprint density at radius 2 is 1.91 bits per heavy atom. The molecule has 1 aromatic heterocycles. The van der Waals surface area contributed by atoms with E-state index in [1.165, 1.54) is 4.68 Å². The predicted octanol–water partition coefficient (Wildman–Crippen LogP) is 6.65. The van der Waals surface area contributed by atoms with Crippen LogP contribution in [0.4, 0.5) is 0 Å². The number of ether oxygens (including phenoxy) is 1. The first-order valence-corrected chi connectivity index (χ1v) is 13.7. The molecule has 3 aromatic carbocycles. The molecule has 176 valence electrons. The lowest BCUT2D eigenvalue weighted by molar-refractivity contribution is 0.301. The molecule has 0 aliphatic carbocycles. The second kappa shape index (κ2) is 11.6. The van der Waals surface area contributed by atoms with Gasteiger partial charge in [-0.3, -0.25) is 4.79 Å². The van der Waals surface area contributed by atoms with E-state index in [4.69, 9.17) is 4.74 Å². The highest BCUT2D eigenvalue weighted by Gasteiger charge is 2.12. The van der Waals surface area contributed by atoms with E-state index in [1.807, 2.05) is 49.4 Å². The van der Waals surface area contributed by atoms with Gasteiger partial charge < -0.3 is 4.74 Å². The van der Waals surface area contributed by atoms with Crippen molar-refractivity contribution < 1.29 is 4.74 Å². The van der Waals surface area contributed by atoms with Gasteiger partial charge in [-0.25, -0.2) is 4.98 Å². The van der Waals surface area contributed by atoms with Gasteiger partial charge in [0, 0.05) is 16.5 Å². The minimum Gasteiger partial charge on any atom is -0.487 e. The average molecular weight is 753 g/mol. The number of hydrogen-bond acceptors (Lipinski definition) is 5. The summed E-state index contributed by atoms with van der Waals surface area (Å²) in [4.78, 5) is 17.9. The monoisotopic (exact) mass is 752 g/mol. The molecule has 0 radical (unpaired) electrons. The van der Waals surface area contributed by atoms with E-state index in [1.54, 1.807) is 18.3 Å². The van der Waals surface area contributed by atoms with Gasteiger partial charge in [0.05, 0.1) is 35.9 Å². The Morgan fingerprint density at radius 3 is 2.63 bits per heavy atom. The van der Waals surface area contributed by atoms with Crippen molar-refractivity contribution in [2.45, 2.75) is 26.4 Å². The van der Waals surface area contributed by atoms with Crippen LogP contribution < -0.4 is 10.3 Å². The van der Waals surface area contributed by atoms with Crippen molar-refractivity contribution in [3.05, 3.63) is 99.1 Å². The molecule has 0 unspecified atom stereocenters. The van der Waals surface area contributed by atoms with Gasteiger partial charge in [-0.05, 0) is 93.6 Å². The first kappa shape index (κ1) is 25.8. The van der Waals surface area contributed by atoms with Gasteiger partial charge in [0.15, 0.2) is 0 Å². The quantitative estimate of drug-likeness (QED) is 0.157. The molecule has 0 aliphatic rings. The van der Waals surface area contributed by atoms with Gasteiger partial charge in [-0.15, -0.1) is 0 Å². The highest BCUT2D eigenvalue weighted by molar-refractivity contribution is 14.1. The summed E-state index contributed by atoms with van der Waals surface area (Å²) in [6.45, 7) is 2.35. The molecular formula is C26H19BrI2N4O2. The van der Waals surface area contributed by atoms with Gasteiger partial charge in [0.1, 0.15) is 18.2 Å². The fourth-order valence-corrected chi connectivity index (χ4v) is 6.01. The van der Waals surface area contributed by atoms with Crippen molar-refractivity contribution in [1.29, 1.82) is 5.26 Å². The van der Waals surface area contributed by atoms with E-state index >= 15 is 0 Å². The number of nitrogens with zero attached hydrogens (tertiary/aromatic N) is 4. The zero-order chi connectivity index (χ0) is 24.9. The maximum atomic E-state index is 13.2. The molecule has 6 nitrogen and oxygen atoms in total. The van der Waals surface area contributed by atoms with Gasteiger partial charge >= 0.3 is 0 Å². The average Bonchev–Trinajstić information content (AvgIpc) is 2.84. The summed E-state index contributed by atoms with van der Waals surface area (Å²) in [5.41, 5.74) is 2.75. The molecule has 4 rings (SSSR count). The third-order valence-corrected chi connectivity index (χ3v) is 7.30. The second-order valence-electron chi connectivity index (χ2n) is 7.67. The fourth-order valence-electron chi connectivity index (χ4n) is 3.52. The van der Waals surface area contributed by atoms with Crippen molar-refractivity contribution in [3.8, 4) is 11.8 Å². The smallest absolute Gasteiger partial charge is 0.282 e. The Bertz CT molecular complexity index is 1520. The summed E-state index contributed by atoms with van der Waals surface area (Å²) in [5.74, 6) is 1.38. The lowest BCUT2D eigenvalue weighted by Crippen LogP contribution is -2.22. The molecule has 0 amide bonds. The SMILES string of the molecule is CCCc1nc2ccc(Br)cc2c(=O)n1N=Cc1cc(I)c(OCc2ccccc2C#N)c(I)c1. The van der Waals surface area contributed by atoms with Crippen LogP contribution in [0.5, 0.6) is 5.75 Å². The van der Waals surface area contributed by atoms with Crippen molar-refractivity contribution >= 4 is 78.2 Å². The molecule has 1 heterocycles. The summed E-state index contributed by atoms with van der Waals surface area (Å²) in [6.07, 6.45) is 3.16. The number of fused-ring (bicyclic) bond motifs is 1. The number of benzene rings is 3. The van der Waals surface area contributed by atoms with Gasteiger partial charge in [-0.1, -0.05) is 41.1 Å². The van der Waals surface area contributed by atoms with E-state index in [9.17, 15) is 10.1 Å². The number of hydrogen-bond donors (Lipinski definition) is 0. The van der Waals surface area contributed by atoms with Crippen molar-refractivity contribution in [2.24, 2.45) is 5.10 Å². The van der Waals surface area contributed by atoms with Crippen LogP contribution in [0.2, 0.25) is 0 Å². The molecule has 0 bridgehead atoms. The van der Waals surface area contributed by atoms with Crippen LogP contribution in [0.15, 0.2) is 69.0 Å². The molecule has 4 aromatic rings. The molecule has 9 heteroatoms. The molecule has 0 N–H and O–H groups in total. The lowest BCUT2D eigenvalue weighted by Gasteiger charge is -2.12. The standard InChI is InChI=1S/C26H19BrI2N4O2/c1-2-5-24-32-23-9-8-19(27)12-20(23)26(34)33(24)31-14-16-10-21(28)25(22(29)11-16)35-15-18-7-4-3-6-17(18)13-30/h3-4,6-12,14H,2,5,15H2,1H3. The number of aromatic nitrogens is 2. The van der Waals surface area contributed by atoms with Crippen molar-refractivity contribution in [1.82, 2.24) is 9.66 Å². The molecular weight excluding hydrogens is 734 g/mol. The molecule has 0 atom stereocenters. The van der Waals surface area contributed by atoms with Gasteiger partial charge in [0.25, 0.3) is 5.56 Å². The van der Waals surface area contributed by atoms with Crippen molar-refractivity contribution in [3.63, 3.8) is 0 Å². The van der Waals surface area contributed by atoms with E-state index in [0.29, 0.717) is 35.3 Å². The van der Waals surface area contributed by atoms with Crippen LogP contribution in [-0.4, -0.2) is 15.9 Å². The maximum Gasteiger partial charge on any atom is 0.282 e. The molecule has 0 fully saturated rings. The topological polar surface area (TPSA) is 80.3 Å². The molecule has 0 aliphatic heterocycles. The van der Waals surface area contributed by atoms with Crippen LogP contribution in [0.25, 0.3) is 10.9 Å². The zero-order valence-corrected chi connectivity index (χ0v) is 24.5. The molecule has 0 saturated heterocycles. The first-order chi connectivity index (χ1) is 16.9. The fraction of sp³-hybridized carbons (Fsp3) is 0.154. The lowest BCUT2D eigenvalue weighted by atomic mass is 10.1. The Labute approximate surface area is 238 Å². The maximum absolute atomic E-state index is 13.2.